The van der Waals surface area contributed by atoms with Gasteiger partial charge < -0.3 is 9.80 Å². The highest BCUT2D eigenvalue weighted by molar-refractivity contribution is 7.86. The van der Waals surface area contributed by atoms with Gasteiger partial charge in [0.05, 0.1) is 9.79 Å². The van der Waals surface area contributed by atoms with E-state index < -0.39 is 20.2 Å². The van der Waals surface area contributed by atoms with Gasteiger partial charge in [0.2, 0.25) is 0 Å². The van der Waals surface area contributed by atoms with Crippen molar-refractivity contribution in [2.45, 2.75) is 35.5 Å². The minimum Gasteiger partial charge on any atom is -0.347 e. The molecule has 0 amide bonds. The van der Waals surface area contributed by atoms with Crippen LogP contribution in [0.3, 0.4) is 0 Å². The number of anilines is 2. The van der Waals surface area contributed by atoms with E-state index in [9.17, 15) is 30.7 Å². The molecule has 0 unspecified atom stereocenters. The van der Waals surface area contributed by atoms with Crippen LogP contribution in [-0.2, 0) is 37.9 Å². The molecule has 0 saturated heterocycles. The topological polar surface area (TPSA) is 132 Å². The van der Waals surface area contributed by atoms with E-state index in [2.05, 4.69) is 0 Å². The predicted molar refractivity (Wildman–Crippen MR) is 143 cm³/mol. The van der Waals surface area contributed by atoms with Crippen LogP contribution in [-0.4, -0.2) is 44.8 Å². The summed E-state index contributed by atoms with van der Waals surface area (Å²) in [5.41, 5.74) is 4.84. The van der Waals surface area contributed by atoms with Gasteiger partial charge >= 0.3 is 0 Å². The van der Waals surface area contributed by atoms with Gasteiger partial charge in [-0.3, -0.25) is 13.9 Å². The molecule has 0 radical (unpaired) electrons. The number of nitrogens with zero attached hydrogens (tertiary/aromatic N) is 2. The number of hydrogen-bond donors (Lipinski definition) is 2. The van der Waals surface area contributed by atoms with Gasteiger partial charge in [0.15, 0.2) is 5.78 Å². The molecule has 9 nitrogen and oxygen atoms in total. The average Bonchev–Trinajstić information content (AvgIpc) is 3.56. The Morgan fingerprint density at radius 1 is 0.658 bits per heavy atom. The first-order valence-corrected chi connectivity index (χ1v) is 14.9. The fourth-order valence-corrected chi connectivity index (χ4v) is 6.05. The maximum atomic E-state index is 12.8. The second-order valence-electron chi connectivity index (χ2n) is 9.31. The lowest BCUT2D eigenvalue weighted by atomic mass is 10.1. The Hall–Kier alpha value is -3.51. The van der Waals surface area contributed by atoms with Gasteiger partial charge in [0.1, 0.15) is 0 Å². The van der Waals surface area contributed by atoms with Crippen LogP contribution >= 0.6 is 0 Å². The standard InChI is InChI=1S/C27H26N2O7S2/c30-27-19(3-1-13-28-15-11-21-17-23(37(31,32)33)7-9-25(21)28)5-6-20(27)4-2-14-29-16-12-22-18-24(38(34,35)36)8-10-26(22)29/h1-4,7-10,13-14,17-18H,5-6,11-12,15-16H2,(H,31,32,33)(H,34,35,36). The third-order valence-electron chi connectivity index (χ3n) is 6.93. The lowest BCUT2D eigenvalue weighted by molar-refractivity contribution is -0.111. The smallest absolute Gasteiger partial charge is 0.294 e. The molecule has 0 atom stereocenters. The summed E-state index contributed by atoms with van der Waals surface area (Å²) in [5.74, 6) is -0.00136. The Balaban J connectivity index is 1.22. The van der Waals surface area contributed by atoms with Crippen LogP contribution in [0.2, 0.25) is 0 Å². The fraction of sp³-hybridized carbons (Fsp3) is 0.222. The van der Waals surface area contributed by atoms with Crippen LogP contribution in [0.1, 0.15) is 24.0 Å². The van der Waals surface area contributed by atoms with Gasteiger partial charge in [0.25, 0.3) is 20.2 Å². The minimum atomic E-state index is -4.24. The van der Waals surface area contributed by atoms with E-state index in [4.69, 9.17) is 0 Å². The van der Waals surface area contributed by atoms with E-state index in [1.165, 1.54) is 24.3 Å². The van der Waals surface area contributed by atoms with Gasteiger partial charge in [-0.1, -0.05) is 12.2 Å². The van der Waals surface area contributed by atoms with E-state index in [1.54, 1.807) is 24.3 Å². The third kappa shape index (κ3) is 5.37. The molecule has 1 saturated carbocycles. The summed E-state index contributed by atoms with van der Waals surface area (Å²) in [5, 5.41) is 0. The molecule has 1 fully saturated rings. The third-order valence-corrected chi connectivity index (χ3v) is 8.63. The lowest BCUT2D eigenvalue weighted by Gasteiger charge is -2.13. The molecule has 11 heteroatoms. The van der Waals surface area contributed by atoms with Gasteiger partial charge in [-0.25, -0.2) is 0 Å². The first-order valence-electron chi connectivity index (χ1n) is 12.0. The normalized spacial score (nSPS) is 20.0. The van der Waals surface area contributed by atoms with Gasteiger partial charge in [-0.15, -0.1) is 0 Å². The Morgan fingerprint density at radius 2 is 1.08 bits per heavy atom. The molecule has 0 aromatic heterocycles. The average molecular weight is 555 g/mol. The molecule has 2 heterocycles. The highest BCUT2D eigenvalue weighted by Gasteiger charge is 2.24. The zero-order valence-electron chi connectivity index (χ0n) is 20.3. The Labute approximate surface area is 221 Å². The minimum absolute atomic E-state index is 0.00136. The molecule has 2 aliphatic heterocycles. The van der Waals surface area contributed by atoms with Crippen LogP contribution in [0.4, 0.5) is 11.4 Å². The van der Waals surface area contributed by atoms with E-state index >= 15 is 0 Å². The van der Waals surface area contributed by atoms with Gasteiger partial charge in [-0.2, -0.15) is 16.8 Å². The van der Waals surface area contributed by atoms with Gasteiger partial charge in [-0.05, 0) is 85.4 Å². The quantitative estimate of drug-likeness (QED) is 0.404. The van der Waals surface area contributed by atoms with E-state index in [-0.39, 0.29) is 15.6 Å². The van der Waals surface area contributed by atoms with Gasteiger partial charge in [0, 0.05) is 48.0 Å². The number of carbonyl (C=O) groups excluding carboxylic acids is 1. The number of ketones is 1. The summed E-state index contributed by atoms with van der Waals surface area (Å²) in [4.78, 5) is 16.6. The number of benzene rings is 2. The highest BCUT2D eigenvalue weighted by Crippen LogP contribution is 2.32. The van der Waals surface area contributed by atoms with Crippen LogP contribution in [0.15, 0.2) is 94.0 Å². The lowest BCUT2D eigenvalue weighted by Crippen LogP contribution is -2.11. The monoisotopic (exact) mass is 554 g/mol. The molecule has 3 aliphatic rings. The Morgan fingerprint density at radius 3 is 1.47 bits per heavy atom. The number of rotatable bonds is 6. The van der Waals surface area contributed by atoms with Crippen molar-refractivity contribution in [3.8, 4) is 0 Å². The summed E-state index contributed by atoms with van der Waals surface area (Å²) in [7, 11) is -8.47. The van der Waals surface area contributed by atoms with Crippen molar-refractivity contribution in [1.29, 1.82) is 0 Å². The zero-order chi connectivity index (χ0) is 27.1. The number of carbonyl (C=O) groups is 1. The van der Waals surface area contributed by atoms with Crippen LogP contribution < -0.4 is 9.80 Å². The van der Waals surface area contributed by atoms with Crippen molar-refractivity contribution in [2.75, 3.05) is 22.9 Å². The number of allylic oxidation sites excluding steroid dienone is 6. The SMILES string of the molecule is O=C1C(=CC=CN2CCc3cc(S(=O)(=O)O)ccc32)CCC1=CC=CN1CCc2cc(S(=O)(=O)O)ccc21. The largest absolute Gasteiger partial charge is 0.347 e. The fourth-order valence-electron chi connectivity index (χ4n) is 4.98. The molecule has 0 spiro atoms. The number of Topliss-reactive ketones (excluding diaryl/α,β-unsaturated/α-hetero) is 1. The van der Waals surface area contributed by atoms with E-state index in [0.29, 0.717) is 49.9 Å². The molecule has 1 aliphatic carbocycles. The van der Waals surface area contributed by atoms with Crippen LogP contribution in [0.25, 0.3) is 0 Å². The molecular formula is C27H26N2O7S2. The van der Waals surface area contributed by atoms with Crippen LogP contribution in [0.5, 0.6) is 0 Å². The van der Waals surface area contributed by atoms with Crippen molar-refractivity contribution < 1.29 is 30.7 Å². The predicted octanol–water partition coefficient (Wildman–Crippen LogP) is 3.85. The van der Waals surface area contributed by atoms with Crippen molar-refractivity contribution in [2.24, 2.45) is 0 Å². The number of fused-ring (bicyclic) bond motifs is 2. The molecule has 2 aromatic rings. The van der Waals surface area contributed by atoms with Crippen molar-refractivity contribution in [3.05, 3.63) is 95.4 Å². The van der Waals surface area contributed by atoms with E-state index in [0.717, 1.165) is 22.5 Å². The second kappa shape index (κ2) is 9.99. The summed E-state index contributed by atoms with van der Waals surface area (Å²) >= 11 is 0. The molecule has 0 bridgehead atoms. The zero-order valence-corrected chi connectivity index (χ0v) is 22.0. The number of hydrogen-bond acceptors (Lipinski definition) is 7. The first-order chi connectivity index (χ1) is 18.0. The molecule has 198 valence electrons. The molecule has 5 rings (SSSR count). The summed E-state index contributed by atoms with van der Waals surface area (Å²) in [6.07, 6.45) is 13.6. The summed E-state index contributed by atoms with van der Waals surface area (Å²) in [6.45, 7) is 1.34. The summed E-state index contributed by atoms with van der Waals surface area (Å²) < 4.78 is 63.9. The van der Waals surface area contributed by atoms with Crippen molar-refractivity contribution in [1.82, 2.24) is 0 Å². The highest BCUT2D eigenvalue weighted by atomic mass is 32.2. The molecular weight excluding hydrogens is 528 g/mol. The van der Waals surface area contributed by atoms with Crippen molar-refractivity contribution >= 4 is 37.4 Å². The Kier molecular flexibility index (Phi) is 6.86. The van der Waals surface area contributed by atoms with E-state index in [1.807, 2.05) is 34.4 Å². The maximum Gasteiger partial charge on any atom is 0.294 e. The van der Waals surface area contributed by atoms with Crippen molar-refractivity contribution in [3.63, 3.8) is 0 Å². The Bertz CT molecular complexity index is 1530. The maximum absolute atomic E-state index is 12.8. The summed E-state index contributed by atoms with van der Waals surface area (Å²) in [6, 6.07) is 9.06. The van der Waals surface area contributed by atoms with Crippen LogP contribution in [0, 0.1) is 0 Å². The second-order valence-corrected chi connectivity index (χ2v) is 12.2. The first kappa shape index (κ1) is 26.1. The molecule has 38 heavy (non-hydrogen) atoms. The molecule has 2 N–H and O–H groups in total. The molecule has 2 aromatic carbocycles.